The van der Waals surface area contributed by atoms with Crippen molar-refractivity contribution in [1.29, 1.82) is 0 Å². The summed E-state index contributed by atoms with van der Waals surface area (Å²) in [5.41, 5.74) is 2.31. The molecule has 0 aliphatic heterocycles. The van der Waals surface area contributed by atoms with Crippen molar-refractivity contribution in [2.75, 3.05) is 5.32 Å². The Labute approximate surface area is 219 Å². The quantitative estimate of drug-likeness (QED) is 0.337. The molecular formula is C26H26ClF3N2O2S2. The van der Waals surface area contributed by atoms with Gasteiger partial charge in [0.25, 0.3) is 5.91 Å². The number of carbonyl (C=O) groups is 1. The van der Waals surface area contributed by atoms with Crippen molar-refractivity contribution in [2.24, 2.45) is 5.92 Å². The van der Waals surface area contributed by atoms with Gasteiger partial charge in [-0.3, -0.25) is 4.79 Å². The van der Waals surface area contributed by atoms with Crippen LogP contribution in [0.15, 0.2) is 58.8 Å². The van der Waals surface area contributed by atoms with Gasteiger partial charge in [0.15, 0.2) is 0 Å². The Bertz CT molecular complexity index is 1240. The van der Waals surface area contributed by atoms with Gasteiger partial charge in [-0.25, -0.2) is 8.93 Å². The lowest BCUT2D eigenvalue weighted by molar-refractivity contribution is -0.137. The van der Waals surface area contributed by atoms with Gasteiger partial charge in [-0.05, 0) is 98.2 Å². The van der Waals surface area contributed by atoms with Gasteiger partial charge in [-0.2, -0.15) is 13.2 Å². The fourth-order valence-corrected chi connectivity index (χ4v) is 6.87. The summed E-state index contributed by atoms with van der Waals surface area (Å²) in [6.45, 7) is 2.05. The van der Waals surface area contributed by atoms with Gasteiger partial charge in [0.2, 0.25) is 0 Å². The molecule has 0 saturated heterocycles. The van der Waals surface area contributed by atoms with E-state index >= 15 is 0 Å². The lowest BCUT2D eigenvalue weighted by atomic mass is 9.83. The number of aryl methyl sites for hydroxylation is 1. The predicted molar refractivity (Wildman–Crippen MR) is 139 cm³/mol. The first-order chi connectivity index (χ1) is 17.1. The first-order valence-electron chi connectivity index (χ1n) is 11.6. The summed E-state index contributed by atoms with van der Waals surface area (Å²) < 4.78 is 55.6. The number of hydrogen-bond acceptors (Lipinski definition) is 3. The number of amides is 1. The minimum absolute atomic E-state index is 0.0247. The summed E-state index contributed by atoms with van der Waals surface area (Å²) in [7, 11) is -1.32. The van der Waals surface area contributed by atoms with E-state index < -0.39 is 28.6 Å². The molecule has 3 unspecified atom stereocenters. The molecule has 0 saturated carbocycles. The van der Waals surface area contributed by atoms with Gasteiger partial charge in [0, 0.05) is 17.3 Å². The lowest BCUT2D eigenvalue weighted by Crippen LogP contribution is -2.36. The van der Waals surface area contributed by atoms with Gasteiger partial charge in [0.1, 0.15) is 15.2 Å². The second-order valence-corrected chi connectivity index (χ2v) is 12.1. The van der Waals surface area contributed by atoms with Crippen molar-refractivity contribution in [3.8, 4) is 0 Å². The Morgan fingerprint density at radius 3 is 2.50 bits per heavy atom. The molecule has 10 heteroatoms. The van der Waals surface area contributed by atoms with Crippen LogP contribution in [-0.2, 0) is 30.0 Å². The number of hydrogen-bond donors (Lipinski definition) is 2. The molecule has 2 aromatic carbocycles. The Hall–Kier alpha value is -2.20. The van der Waals surface area contributed by atoms with Crippen molar-refractivity contribution >= 4 is 45.5 Å². The van der Waals surface area contributed by atoms with Crippen molar-refractivity contribution in [3.63, 3.8) is 0 Å². The highest BCUT2D eigenvalue weighted by molar-refractivity contribution is 7.85. The predicted octanol–water partition coefficient (Wildman–Crippen LogP) is 7.26. The number of anilines is 1. The third-order valence-corrected chi connectivity index (χ3v) is 9.24. The van der Waals surface area contributed by atoms with E-state index in [0.717, 1.165) is 49.8 Å². The fraction of sp³-hybridized carbons (Fsp3) is 0.346. The largest absolute Gasteiger partial charge is 0.416 e. The summed E-state index contributed by atoms with van der Waals surface area (Å²) in [4.78, 5) is 12.6. The number of fused-ring (bicyclic) bond motifs is 1. The monoisotopic (exact) mass is 554 g/mol. The average Bonchev–Trinajstić information content (AvgIpc) is 3.26. The van der Waals surface area contributed by atoms with Crippen LogP contribution < -0.4 is 10.0 Å². The van der Waals surface area contributed by atoms with Crippen LogP contribution in [0.5, 0.6) is 0 Å². The maximum atomic E-state index is 12.8. The normalized spacial score (nSPS) is 18.0. The SMILES string of the molecule is CC(NS(=O)c1ccc(Cl)s1)C1CCCCc2cc(NC(=O)c3ccc(C(F)(F)F)cc3)ccc2C1. The second kappa shape index (κ2) is 11.5. The first-order valence-corrected chi connectivity index (χ1v) is 14.0. The van der Waals surface area contributed by atoms with Crippen molar-refractivity contribution in [3.05, 3.63) is 81.2 Å². The molecule has 1 amide bonds. The Morgan fingerprint density at radius 2 is 1.83 bits per heavy atom. The number of thiophene rings is 1. The summed E-state index contributed by atoms with van der Waals surface area (Å²) in [5.74, 6) is -0.169. The molecule has 192 valence electrons. The zero-order valence-corrected chi connectivity index (χ0v) is 21.9. The van der Waals surface area contributed by atoms with Crippen LogP contribution in [0.25, 0.3) is 0 Å². The molecule has 4 rings (SSSR count). The maximum Gasteiger partial charge on any atom is 0.416 e. The number of nitrogens with one attached hydrogen (secondary N) is 2. The second-order valence-electron chi connectivity index (χ2n) is 8.96. The third kappa shape index (κ3) is 6.76. The molecule has 0 bridgehead atoms. The van der Waals surface area contributed by atoms with E-state index in [0.29, 0.717) is 14.2 Å². The zero-order valence-electron chi connectivity index (χ0n) is 19.5. The summed E-state index contributed by atoms with van der Waals surface area (Å²) in [6.07, 6.45) is 0.309. The number of carbonyl (C=O) groups excluding carboxylic acids is 1. The molecule has 1 aromatic heterocycles. The molecule has 0 radical (unpaired) electrons. The van der Waals surface area contributed by atoms with Crippen LogP contribution in [0.3, 0.4) is 0 Å². The molecule has 2 N–H and O–H groups in total. The highest BCUT2D eigenvalue weighted by Crippen LogP contribution is 2.31. The minimum Gasteiger partial charge on any atom is -0.322 e. The topological polar surface area (TPSA) is 58.2 Å². The van der Waals surface area contributed by atoms with Gasteiger partial charge in [-0.15, -0.1) is 11.3 Å². The Morgan fingerprint density at radius 1 is 1.08 bits per heavy atom. The highest BCUT2D eigenvalue weighted by Gasteiger charge is 2.30. The van der Waals surface area contributed by atoms with Crippen LogP contribution in [0.4, 0.5) is 18.9 Å². The summed E-state index contributed by atoms with van der Waals surface area (Å²) in [6, 6.07) is 13.5. The molecule has 3 aromatic rings. The number of benzene rings is 2. The molecule has 1 heterocycles. The molecule has 3 atom stereocenters. The minimum atomic E-state index is -4.44. The van der Waals surface area contributed by atoms with Gasteiger partial charge < -0.3 is 5.32 Å². The van der Waals surface area contributed by atoms with Gasteiger partial charge in [-0.1, -0.05) is 24.1 Å². The third-order valence-electron chi connectivity index (χ3n) is 6.42. The van der Waals surface area contributed by atoms with E-state index in [1.165, 1.54) is 29.0 Å². The first kappa shape index (κ1) is 26.9. The summed E-state index contributed by atoms with van der Waals surface area (Å²) in [5, 5.41) is 2.80. The Kier molecular flexibility index (Phi) is 8.55. The van der Waals surface area contributed by atoms with Crippen LogP contribution >= 0.6 is 22.9 Å². The zero-order chi connectivity index (χ0) is 25.9. The van der Waals surface area contributed by atoms with Crippen LogP contribution in [-0.4, -0.2) is 16.2 Å². The standard InChI is InChI=1S/C26H26ClF3N2O2S2/c1-16(32-36(34)24-13-12-23(27)35-24)18-4-2-3-5-19-15-22(11-8-20(19)14-18)31-25(33)17-6-9-21(10-7-17)26(28,29)30/h6-13,15-16,18,32H,2-5,14H2,1H3,(H,31,33). The summed E-state index contributed by atoms with van der Waals surface area (Å²) >= 11 is 7.28. The lowest BCUT2D eigenvalue weighted by Gasteiger charge is -2.27. The van der Waals surface area contributed by atoms with E-state index in [9.17, 15) is 22.2 Å². The van der Waals surface area contributed by atoms with E-state index in [4.69, 9.17) is 11.6 Å². The van der Waals surface area contributed by atoms with Crippen LogP contribution in [0.2, 0.25) is 4.34 Å². The van der Waals surface area contributed by atoms with Crippen molar-refractivity contribution in [2.45, 2.75) is 55.5 Å². The number of alkyl halides is 3. The van der Waals surface area contributed by atoms with Crippen molar-refractivity contribution in [1.82, 2.24) is 4.72 Å². The van der Waals surface area contributed by atoms with Gasteiger partial charge in [0.05, 0.1) is 9.90 Å². The molecule has 0 fully saturated rings. The fourth-order valence-electron chi connectivity index (χ4n) is 4.40. The van der Waals surface area contributed by atoms with Gasteiger partial charge >= 0.3 is 6.18 Å². The van der Waals surface area contributed by atoms with E-state index in [-0.39, 0.29) is 17.5 Å². The van der Waals surface area contributed by atoms with E-state index in [1.54, 1.807) is 12.1 Å². The molecule has 0 spiro atoms. The highest BCUT2D eigenvalue weighted by atomic mass is 35.5. The van der Waals surface area contributed by atoms with E-state index in [1.807, 2.05) is 18.2 Å². The molecular weight excluding hydrogens is 529 g/mol. The Balaban J connectivity index is 1.43. The molecule has 4 nitrogen and oxygen atoms in total. The molecule has 1 aliphatic rings. The average molecular weight is 555 g/mol. The number of rotatable bonds is 6. The van der Waals surface area contributed by atoms with Crippen LogP contribution in [0.1, 0.15) is 53.2 Å². The smallest absolute Gasteiger partial charge is 0.322 e. The molecule has 36 heavy (non-hydrogen) atoms. The van der Waals surface area contributed by atoms with Crippen molar-refractivity contribution < 1.29 is 22.2 Å². The molecule has 1 aliphatic carbocycles. The number of halogens is 4. The van der Waals surface area contributed by atoms with Crippen LogP contribution in [0, 0.1) is 5.92 Å². The van der Waals surface area contributed by atoms with E-state index in [2.05, 4.69) is 17.0 Å². The maximum absolute atomic E-state index is 12.8.